The van der Waals surface area contributed by atoms with Crippen molar-refractivity contribution < 1.29 is 14.3 Å². The fourth-order valence-corrected chi connectivity index (χ4v) is 2.10. The Morgan fingerprint density at radius 3 is 2.36 bits per heavy atom. The molecule has 0 heterocycles. The molecule has 144 valence electrons. The number of ether oxygens (including phenoxy) is 2. The van der Waals surface area contributed by atoms with Crippen LogP contribution in [0.2, 0.25) is 0 Å². The highest BCUT2D eigenvalue weighted by Crippen LogP contribution is 2.29. The summed E-state index contributed by atoms with van der Waals surface area (Å²) in [5.41, 5.74) is 5.92. The average Bonchev–Trinajstić information content (AvgIpc) is 2.54. The smallest absolute Gasteiger partial charge is 0.251 e. The predicted octanol–water partition coefficient (Wildman–Crippen LogP) is 3.65. The summed E-state index contributed by atoms with van der Waals surface area (Å²) in [6.45, 7) is 11.3. The van der Waals surface area contributed by atoms with Gasteiger partial charge in [0.15, 0.2) is 11.5 Å². The number of halogens is 1. The first-order chi connectivity index (χ1) is 11.2. The lowest BCUT2D eigenvalue weighted by Crippen LogP contribution is -2.55. The summed E-state index contributed by atoms with van der Waals surface area (Å²) in [6, 6.07) is 5.24. The second kappa shape index (κ2) is 10.5. The molecule has 1 aromatic carbocycles. The molecule has 1 rings (SSSR count). The number of methoxy groups -OCH3 is 1. The molecule has 0 bridgehead atoms. The van der Waals surface area contributed by atoms with Crippen LogP contribution in [0.4, 0.5) is 0 Å². The van der Waals surface area contributed by atoms with E-state index in [9.17, 15) is 4.79 Å². The molecule has 0 radical (unpaired) electrons. The highest BCUT2D eigenvalue weighted by Gasteiger charge is 2.29. The van der Waals surface area contributed by atoms with Crippen LogP contribution in [0.3, 0.4) is 0 Å². The van der Waals surface area contributed by atoms with Crippen LogP contribution in [-0.2, 0) is 0 Å². The van der Waals surface area contributed by atoms with Gasteiger partial charge in [-0.1, -0.05) is 27.7 Å². The van der Waals surface area contributed by atoms with Gasteiger partial charge >= 0.3 is 0 Å². The van der Waals surface area contributed by atoms with Crippen LogP contribution in [-0.4, -0.2) is 31.7 Å². The molecular formula is C19H33ClN2O3. The number of carbonyl (C=O) groups excluding carboxylic acids is 1. The van der Waals surface area contributed by atoms with Crippen molar-refractivity contribution in [2.24, 2.45) is 17.6 Å². The Bertz CT molecular complexity index is 549. The number of hydrogen-bond acceptors (Lipinski definition) is 4. The summed E-state index contributed by atoms with van der Waals surface area (Å²) < 4.78 is 11.1. The lowest BCUT2D eigenvalue weighted by Gasteiger charge is -2.33. The van der Waals surface area contributed by atoms with Gasteiger partial charge in [-0.05, 0) is 43.4 Å². The largest absolute Gasteiger partial charge is 0.493 e. The predicted molar refractivity (Wildman–Crippen MR) is 105 cm³/mol. The van der Waals surface area contributed by atoms with Crippen molar-refractivity contribution in [1.82, 2.24) is 5.32 Å². The summed E-state index contributed by atoms with van der Waals surface area (Å²) in [5.74, 6) is 1.85. The molecule has 25 heavy (non-hydrogen) atoms. The van der Waals surface area contributed by atoms with Gasteiger partial charge in [-0.2, -0.15) is 0 Å². The van der Waals surface area contributed by atoms with Gasteiger partial charge in [0.2, 0.25) is 0 Å². The molecule has 0 aliphatic heterocycles. The second-order valence-corrected chi connectivity index (χ2v) is 7.13. The molecule has 0 aliphatic carbocycles. The molecule has 0 saturated heterocycles. The quantitative estimate of drug-likeness (QED) is 0.694. The third-order valence-corrected chi connectivity index (χ3v) is 4.48. The molecule has 1 aromatic rings. The van der Waals surface area contributed by atoms with Crippen LogP contribution in [0.15, 0.2) is 18.2 Å². The van der Waals surface area contributed by atoms with Crippen LogP contribution in [0, 0.1) is 11.8 Å². The summed E-state index contributed by atoms with van der Waals surface area (Å²) in [6.07, 6.45) is 0.967. The van der Waals surface area contributed by atoms with E-state index in [1.807, 2.05) is 20.8 Å². The molecule has 6 heteroatoms. The van der Waals surface area contributed by atoms with Gasteiger partial charge in [0.1, 0.15) is 0 Å². The van der Waals surface area contributed by atoms with E-state index in [2.05, 4.69) is 19.2 Å². The van der Waals surface area contributed by atoms with Gasteiger partial charge in [-0.15, -0.1) is 12.4 Å². The fourth-order valence-electron chi connectivity index (χ4n) is 2.10. The number of nitrogens with two attached hydrogens (primary N) is 1. The van der Waals surface area contributed by atoms with Crippen molar-refractivity contribution in [3.05, 3.63) is 23.8 Å². The first kappa shape index (κ1) is 23.5. The van der Waals surface area contributed by atoms with Crippen molar-refractivity contribution in [2.45, 2.75) is 46.6 Å². The maximum atomic E-state index is 12.5. The average molecular weight is 373 g/mol. The van der Waals surface area contributed by atoms with Crippen LogP contribution in [0.25, 0.3) is 0 Å². The Balaban J connectivity index is 0.00000576. The minimum atomic E-state index is -0.448. The molecular weight excluding hydrogens is 340 g/mol. The summed E-state index contributed by atoms with van der Waals surface area (Å²) in [7, 11) is 1.57. The Hall–Kier alpha value is -1.46. The summed E-state index contributed by atoms with van der Waals surface area (Å²) >= 11 is 0. The molecule has 3 N–H and O–H groups in total. The van der Waals surface area contributed by atoms with Crippen LogP contribution in [0.1, 0.15) is 51.4 Å². The minimum absolute atomic E-state index is 0. The highest BCUT2D eigenvalue weighted by atomic mass is 35.5. The van der Waals surface area contributed by atoms with E-state index in [0.29, 0.717) is 36.1 Å². The molecule has 0 saturated carbocycles. The van der Waals surface area contributed by atoms with Gasteiger partial charge in [0.05, 0.1) is 19.3 Å². The van der Waals surface area contributed by atoms with E-state index in [0.717, 1.165) is 6.42 Å². The Morgan fingerprint density at radius 2 is 1.88 bits per heavy atom. The molecule has 1 atom stereocenters. The number of rotatable bonds is 9. The van der Waals surface area contributed by atoms with E-state index < -0.39 is 5.54 Å². The van der Waals surface area contributed by atoms with Gasteiger partial charge in [0, 0.05) is 12.1 Å². The normalized spacial score (nSPS) is 13.2. The van der Waals surface area contributed by atoms with Gasteiger partial charge in [-0.3, -0.25) is 4.79 Å². The molecule has 1 unspecified atom stereocenters. The zero-order chi connectivity index (χ0) is 18.3. The first-order valence-electron chi connectivity index (χ1n) is 8.57. The molecule has 0 aliphatic rings. The molecule has 0 fully saturated rings. The van der Waals surface area contributed by atoms with E-state index in [1.165, 1.54) is 0 Å². The molecule has 1 amide bonds. The Labute approximate surface area is 158 Å². The first-order valence-corrected chi connectivity index (χ1v) is 8.57. The maximum Gasteiger partial charge on any atom is 0.251 e. The zero-order valence-electron chi connectivity index (χ0n) is 16.2. The van der Waals surface area contributed by atoms with Crippen molar-refractivity contribution in [2.75, 3.05) is 20.3 Å². The lowest BCUT2D eigenvalue weighted by molar-refractivity contribution is 0.0883. The number of amides is 1. The second-order valence-electron chi connectivity index (χ2n) is 7.13. The van der Waals surface area contributed by atoms with Crippen LogP contribution in [0.5, 0.6) is 11.5 Å². The standard InChI is InChI=1S/C19H32N2O3.ClH/c1-13(2)9-10-24-16-8-7-15(11-17(16)23-6)18(22)21-19(5,12-20)14(3)4;/h7-8,11,13-14H,9-10,12,20H2,1-6H3,(H,21,22);1H. The third-order valence-electron chi connectivity index (χ3n) is 4.48. The topological polar surface area (TPSA) is 73.6 Å². The molecule has 0 spiro atoms. The highest BCUT2D eigenvalue weighted by molar-refractivity contribution is 5.95. The fraction of sp³-hybridized carbons (Fsp3) is 0.632. The summed E-state index contributed by atoms with van der Waals surface area (Å²) in [4.78, 5) is 12.5. The number of carbonyl (C=O) groups is 1. The monoisotopic (exact) mass is 372 g/mol. The summed E-state index contributed by atoms with van der Waals surface area (Å²) in [5, 5.41) is 3.03. The minimum Gasteiger partial charge on any atom is -0.493 e. The Morgan fingerprint density at radius 1 is 1.24 bits per heavy atom. The van der Waals surface area contributed by atoms with Crippen molar-refractivity contribution in [3.63, 3.8) is 0 Å². The van der Waals surface area contributed by atoms with Gasteiger partial charge < -0.3 is 20.5 Å². The van der Waals surface area contributed by atoms with E-state index >= 15 is 0 Å². The van der Waals surface area contributed by atoms with Gasteiger partial charge in [0.25, 0.3) is 5.91 Å². The van der Waals surface area contributed by atoms with E-state index in [4.69, 9.17) is 15.2 Å². The molecule has 5 nitrogen and oxygen atoms in total. The van der Waals surface area contributed by atoms with E-state index in [-0.39, 0.29) is 24.2 Å². The number of benzene rings is 1. The third kappa shape index (κ3) is 6.75. The van der Waals surface area contributed by atoms with E-state index in [1.54, 1.807) is 25.3 Å². The zero-order valence-corrected chi connectivity index (χ0v) is 17.0. The SMILES string of the molecule is COc1cc(C(=O)NC(C)(CN)C(C)C)ccc1OCCC(C)C.Cl. The molecule has 0 aromatic heterocycles. The van der Waals surface area contributed by atoms with Crippen molar-refractivity contribution in [1.29, 1.82) is 0 Å². The lowest BCUT2D eigenvalue weighted by atomic mass is 9.88. The Kier molecular flexibility index (Phi) is 9.90. The van der Waals surface area contributed by atoms with Crippen LogP contribution < -0.4 is 20.5 Å². The van der Waals surface area contributed by atoms with Gasteiger partial charge in [-0.25, -0.2) is 0 Å². The van der Waals surface area contributed by atoms with Crippen molar-refractivity contribution >= 4 is 18.3 Å². The number of nitrogens with one attached hydrogen (secondary N) is 1. The van der Waals surface area contributed by atoms with Crippen LogP contribution >= 0.6 is 12.4 Å². The number of hydrogen-bond donors (Lipinski definition) is 2. The maximum absolute atomic E-state index is 12.5. The van der Waals surface area contributed by atoms with Crippen molar-refractivity contribution in [3.8, 4) is 11.5 Å².